The predicted molar refractivity (Wildman–Crippen MR) is 227 cm³/mol. The molecule has 0 saturated heterocycles. The van der Waals surface area contributed by atoms with Gasteiger partial charge in [-0.25, -0.2) is 15.0 Å². The van der Waals surface area contributed by atoms with Crippen LogP contribution in [0.25, 0.3) is 111 Å². The van der Waals surface area contributed by atoms with Gasteiger partial charge in [-0.05, 0) is 72.8 Å². The second-order valence-electron chi connectivity index (χ2n) is 14.0. The molecule has 0 radical (unpaired) electrons. The van der Waals surface area contributed by atoms with E-state index in [2.05, 4.69) is 127 Å². The van der Waals surface area contributed by atoms with Crippen molar-refractivity contribution in [1.82, 2.24) is 15.0 Å². The minimum Gasteiger partial charge on any atom is -0.455 e. The van der Waals surface area contributed by atoms with Crippen LogP contribution in [-0.4, -0.2) is 15.0 Å². The van der Waals surface area contributed by atoms with Gasteiger partial charge in [-0.3, -0.25) is 0 Å². The summed E-state index contributed by atoms with van der Waals surface area (Å²) in [6.07, 6.45) is 0. The highest BCUT2D eigenvalue weighted by Crippen LogP contribution is 2.40. The third-order valence-electron chi connectivity index (χ3n) is 10.7. The number of hydrogen-bond acceptors (Lipinski definition) is 4. The second-order valence-corrected chi connectivity index (χ2v) is 14.0. The summed E-state index contributed by atoms with van der Waals surface area (Å²) in [4.78, 5) is 15.0. The van der Waals surface area contributed by atoms with Gasteiger partial charge in [0, 0.05) is 21.9 Å². The van der Waals surface area contributed by atoms with Crippen molar-refractivity contribution < 1.29 is 4.42 Å². The largest absolute Gasteiger partial charge is 0.455 e. The van der Waals surface area contributed by atoms with E-state index in [0.717, 1.165) is 49.8 Å². The molecule has 11 rings (SSSR count). The quantitative estimate of drug-likeness (QED) is 0.132. The van der Waals surface area contributed by atoms with Gasteiger partial charge in [0.1, 0.15) is 11.2 Å². The highest BCUT2D eigenvalue weighted by molar-refractivity contribution is 6.20. The van der Waals surface area contributed by atoms with Crippen LogP contribution in [0.15, 0.2) is 192 Å². The molecule has 4 nitrogen and oxygen atoms in total. The maximum absolute atomic E-state index is 6.39. The van der Waals surface area contributed by atoms with Crippen LogP contribution in [0.5, 0.6) is 0 Å². The molecule has 0 fully saturated rings. The van der Waals surface area contributed by atoms with Crippen LogP contribution in [-0.2, 0) is 0 Å². The fraction of sp³-hybridized carbons (Fsp3) is 0. The number of hydrogen-bond donors (Lipinski definition) is 0. The van der Waals surface area contributed by atoms with Crippen LogP contribution in [0.3, 0.4) is 0 Å². The number of benzene rings is 9. The SMILES string of the molecule is c1ccc(-c2nc(-c3ccc(-c4ccc(-c5c6ccccc6cc6c5ccc5ccccc56)cc4)cc3)nc(-c3cccc4c3oc3ccccc34)n2)cc1. The molecule has 9 aromatic carbocycles. The third kappa shape index (κ3) is 5.26. The lowest BCUT2D eigenvalue weighted by Crippen LogP contribution is -2.00. The van der Waals surface area contributed by atoms with Crippen molar-refractivity contribution in [3.63, 3.8) is 0 Å². The molecule has 0 bridgehead atoms. The van der Waals surface area contributed by atoms with Gasteiger partial charge < -0.3 is 4.42 Å². The number of para-hydroxylation sites is 2. The van der Waals surface area contributed by atoms with Crippen LogP contribution in [0, 0.1) is 0 Å². The predicted octanol–water partition coefficient (Wildman–Crippen LogP) is 13.6. The van der Waals surface area contributed by atoms with Crippen molar-refractivity contribution in [3.05, 3.63) is 188 Å². The van der Waals surface area contributed by atoms with E-state index in [1.165, 1.54) is 43.4 Å². The summed E-state index contributed by atoms with van der Waals surface area (Å²) in [7, 11) is 0. The molecule has 0 saturated carbocycles. The Morgan fingerprint density at radius 2 is 0.873 bits per heavy atom. The fourth-order valence-corrected chi connectivity index (χ4v) is 8.04. The molecule has 0 aliphatic rings. The molecule has 4 heteroatoms. The van der Waals surface area contributed by atoms with Crippen LogP contribution in [0.4, 0.5) is 0 Å². The van der Waals surface area contributed by atoms with Gasteiger partial charge in [0.25, 0.3) is 0 Å². The maximum Gasteiger partial charge on any atom is 0.167 e. The Morgan fingerprint density at radius 3 is 1.64 bits per heavy atom. The fourth-order valence-electron chi connectivity index (χ4n) is 8.04. The first-order chi connectivity index (χ1) is 27.2. The van der Waals surface area contributed by atoms with Gasteiger partial charge in [-0.2, -0.15) is 0 Å². The van der Waals surface area contributed by atoms with Gasteiger partial charge in [0.15, 0.2) is 17.5 Å². The molecule has 0 amide bonds. The topological polar surface area (TPSA) is 51.8 Å². The van der Waals surface area contributed by atoms with Crippen LogP contribution >= 0.6 is 0 Å². The first-order valence-electron chi connectivity index (χ1n) is 18.5. The zero-order valence-corrected chi connectivity index (χ0v) is 29.6. The maximum atomic E-state index is 6.39. The molecule has 0 atom stereocenters. The van der Waals surface area contributed by atoms with Gasteiger partial charge >= 0.3 is 0 Å². The smallest absolute Gasteiger partial charge is 0.167 e. The number of furan rings is 1. The van der Waals surface area contributed by atoms with Crippen LogP contribution < -0.4 is 0 Å². The summed E-state index contributed by atoms with van der Waals surface area (Å²) in [6.45, 7) is 0. The van der Waals surface area contributed by atoms with Crippen molar-refractivity contribution >= 4 is 54.3 Å². The summed E-state index contributed by atoms with van der Waals surface area (Å²) in [6, 6.07) is 66.0. The lowest BCUT2D eigenvalue weighted by Gasteiger charge is -2.14. The average Bonchev–Trinajstić information content (AvgIpc) is 3.65. The summed E-state index contributed by atoms with van der Waals surface area (Å²) in [5.41, 5.74) is 8.99. The summed E-state index contributed by atoms with van der Waals surface area (Å²) >= 11 is 0. The number of fused-ring (bicyclic) bond motifs is 7. The van der Waals surface area contributed by atoms with E-state index >= 15 is 0 Å². The molecule has 55 heavy (non-hydrogen) atoms. The van der Waals surface area contributed by atoms with Crippen molar-refractivity contribution in [2.75, 3.05) is 0 Å². The number of rotatable bonds is 5. The Kier molecular flexibility index (Phi) is 7.14. The van der Waals surface area contributed by atoms with E-state index in [9.17, 15) is 0 Å². The molecule has 0 unspecified atom stereocenters. The van der Waals surface area contributed by atoms with Gasteiger partial charge in [-0.15, -0.1) is 0 Å². The van der Waals surface area contributed by atoms with Gasteiger partial charge in [0.2, 0.25) is 0 Å². The van der Waals surface area contributed by atoms with E-state index in [4.69, 9.17) is 19.4 Å². The lowest BCUT2D eigenvalue weighted by atomic mass is 9.89. The van der Waals surface area contributed by atoms with Crippen molar-refractivity contribution in [3.8, 4) is 56.4 Å². The molecule has 2 aromatic heterocycles. The molecule has 0 N–H and O–H groups in total. The van der Waals surface area contributed by atoms with E-state index in [1.54, 1.807) is 0 Å². The molecule has 11 aromatic rings. The monoisotopic (exact) mass is 701 g/mol. The summed E-state index contributed by atoms with van der Waals surface area (Å²) in [5.74, 6) is 1.79. The highest BCUT2D eigenvalue weighted by atomic mass is 16.3. The van der Waals surface area contributed by atoms with E-state index < -0.39 is 0 Å². The molecule has 256 valence electrons. The first kappa shape index (κ1) is 31.1. The Bertz CT molecular complexity index is 3240. The Morgan fingerprint density at radius 1 is 0.309 bits per heavy atom. The Balaban J connectivity index is 0.984. The summed E-state index contributed by atoms with van der Waals surface area (Å²) in [5, 5.41) is 9.67. The minimum absolute atomic E-state index is 0.571. The summed E-state index contributed by atoms with van der Waals surface area (Å²) < 4.78 is 6.39. The molecular formula is C51H31N3O. The minimum atomic E-state index is 0.571. The number of aromatic nitrogens is 3. The molecular weight excluding hydrogens is 671 g/mol. The molecule has 0 aliphatic heterocycles. The van der Waals surface area contributed by atoms with E-state index in [1.807, 2.05) is 60.7 Å². The Hall–Kier alpha value is -7.43. The lowest BCUT2D eigenvalue weighted by molar-refractivity contribution is 0.669. The molecule has 2 heterocycles. The molecule has 0 aliphatic carbocycles. The van der Waals surface area contributed by atoms with Crippen LogP contribution in [0.1, 0.15) is 0 Å². The van der Waals surface area contributed by atoms with Gasteiger partial charge in [0.05, 0.1) is 5.56 Å². The number of nitrogens with zero attached hydrogens (tertiary/aromatic N) is 3. The average molecular weight is 702 g/mol. The normalized spacial score (nSPS) is 11.6. The van der Waals surface area contributed by atoms with Crippen molar-refractivity contribution in [2.45, 2.75) is 0 Å². The standard InChI is InChI=1S/C51H31N3O/c1-2-12-36(13-3-1)49-52-50(54-51(53-49)44-19-10-18-43-41-17-8-9-20-46(41)55-48(43)44)37-27-23-33(24-28-37)32-21-25-35(26-22-32)47-40-16-7-5-14-38(40)31-45-39-15-6-4-11-34(39)29-30-42(45)47/h1-31H. The van der Waals surface area contributed by atoms with Crippen LogP contribution in [0.2, 0.25) is 0 Å². The zero-order valence-electron chi connectivity index (χ0n) is 29.6. The first-order valence-corrected chi connectivity index (χ1v) is 18.5. The molecule has 0 spiro atoms. The van der Waals surface area contributed by atoms with E-state index in [0.29, 0.717) is 17.5 Å². The zero-order chi connectivity index (χ0) is 36.3. The third-order valence-corrected chi connectivity index (χ3v) is 10.7. The Labute approximate surface area is 317 Å². The van der Waals surface area contributed by atoms with Crippen molar-refractivity contribution in [2.24, 2.45) is 0 Å². The second kappa shape index (κ2) is 12.6. The highest BCUT2D eigenvalue weighted by Gasteiger charge is 2.18. The van der Waals surface area contributed by atoms with Gasteiger partial charge in [-0.1, -0.05) is 170 Å². The van der Waals surface area contributed by atoms with E-state index in [-0.39, 0.29) is 0 Å². The van der Waals surface area contributed by atoms with Crippen molar-refractivity contribution in [1.29, 1.82) is 0 Å².